The first-order valence-corrected chi connectivity index (χ1v) is 6.02. The minimum absolute atomic E-state index is 0.00412. The van der Waals surface area contributed by atoms with Crippen molar-refractivity contribution in [3.8, 4) is 0 Å². The van der Waals surface area contributed by atoms with Crippen LogP contribution >= 0.6 is 11.6 Å². The lowest BCUT2D eigenvalue weighted by Crippen LogP contribution is -2.44. The van der Waals surface area contributed by atoms with Gasteiger partial charge in [-0.05, 0) is 31.5 Å². The zero-order chi connectivity index (χ0) is 13.8. The molecule has 0 aromatic heterocycles. The molecule has 0 heterocycles. The Bertz CT molecular complexity index is 403. The first kappa shape index (κ1) is 14.9. The molecule has 0 saturated heterocycles. The second kappa shape index (κ2) is 6.16. The minimum Gasteiger partial charge on any atom is -0.464 e. The Morgan fingerprint density at radius 3 is 2.56 bits per heavy atom. The highest BCUT2D eigenvalue weighted by Gasteiger charge is 2.39. The van der Waals surface area contributed by atoms with Crippen LogP contribution in [0.3, 0.4) is 0 Å². The van der Waals surface area contributed by atoms with Gasteiger partial charge in [-0.1, -0.05) is 23.7 Å². The number of ether oxygens (including phenoxy) is 1. The van der Waals surface area contributed by atoms with Crippen LogP contribution in [0.2, 0.25) is 5.02 Å². The number of hydrogen-bond donors (Lipinski definition) is 1. The third-order valence-corrected chi connectivity index (χ3v) is 2.77. The van der Waals surface area contributed by atoms with Gasteiger partial charge in [-0.3, -0.25) is 0 Å². The van der Waals surface area contributed by atoms with Gasteiger partial charge in [0.05, 0.1) is 6.61 Å². The van der Waals surface area contributed by atoms with Gasteiger partial charge in [-0.15, -0.1) is 0 Å². The number of alkyl halides is 1. The number of carbonyl (C=O) groups excluding carboxylic acids is 1. The number of rotatable bonds is 5. The fraction of sp³-hybridized carbons (Fsp3) is 0.462. The van der Waals surface area contributed by atoms with Crippen LogP contribution in [-0.2, 0) is 16.0 Å². The second-order valence-electron chi connectivity index (χ2n) is 4.28. The van der Waals surface area contributed by atoms with E-state index in [4.69, 9.17) is 11.6 Å². The molecule has 1 N–H and O–H groups in total. The van der Waals surface area contributed by atoms with E-state index in [1.54, 1.807) is 31.2 Å². The molecule has 0 bridgehead atoms. The Morgan fingerprint density at radius 2 is 2.06 bits per heavy atom. The summed E-state index contributed by atoms with van der Waals surface area (Å²) >= 11 is 5.73. The lowest BCUT2D eigenvalue weighted by atomic mass is 9.92. The average Bonchev–Trinajstić information content (AvgIpc) is 2.31. The molecule has 0 aliphatic carbocycles. The quantitative estimate of drug-likeness (QED) is 0.840. The maximum atomic E-state index is 13.8. The van der Waals surface area contributed by atoms with E-state index in [-0.39, 0.29) is 13.0 Å². The van der Waals surface area contributed by atoms with Gasteiger partial charge in [0.15, 0.2) is 0 Å². The molecular weight excluding hydrogens is 259 g/mol. The molecule has 5 heteroatoms. The third-order valence-electron chi connectivity index (χ3n) is 2.51. The normalized spacial score (nSPS) is 15.8. The Labute approximate surface area is 111 Å². The number of carbonyl (C=O) groups is 1. The van der Waals surface area contributed by atoms with Crippen molar-refractivity contribution >= 4 is 17.6 Å². The number of esters is 1. The highest BCUT2D eigenvalue weighted by Crippen LogP contribution is 2.22. The van der Waals surface area contributed by atoms with E-state index < -0.39 is 17.7 Å². The van der Waals surface area contributed by atoms with E-state index >= 15 is 0 Å². The molecule has 1 rings (SSSR count). The Hall–Kier alpha value is -1.13. The summed E-state index contributed by atoms with van der Waals surface area (Å²) in [5.74, 6) is -1.04. The van der Waals surface area contributed by atoms with Crippen molar-refractivity contribution in [1.82, 2.24) is 0 Å². The van der Waals surface area contributed by atoms with Crippen LogP contribution in [0.4, 0.5) is 4.39 Å². The summed E-state index contributed by atoms with van der Waals surface area (Å²) in [7, 11) is 0. The van der Waals surface area contributed by atoms with Gasteiger partial charge in [-0.2, -0.15) is 0 Å². The van der Waals surface area contributed by atoms with Gasteiger partial charge in [-0.25, -0.2) is 9.18 Å². The predicted octanol–water partition coefficient (Wildman–Crippen LogP) is 2.53. The zero-order valence-corrected chi connectivity index (χ0v) is 11.1. The van der Waals surface area contributed by atoms with Crippen LogP contribution < -0.4 is 0 Å². The Kier molecular flexibility index (Phi) is 5.11. The molecule has 0 amide bonds. The molecule has 100 valence electrons. The van der Waals surface area contributed by atoms with Crippen molar-refractivity contribution in [1.29, 1.82) is 0 Å². The van der Waals surface area contributed by atoms with Crippen LogP contribution in [0.25, 0.3) is 0 Å². The van der Waals surface area contributed by atoms with Crippen molar-refractivity contribution in [3.63, 3.8) is 0 Å². The Balaban J connectivity index is 2.74. The van der Waals surface area contributed by atoms with Crippen LogP contribution in [0.5, 0.6) is 0 Å². The van der Waals surface area contributed by atoms with Crippen LogP contribution in [0, 0.1) is 0 Å². The molecule has 0 spiro atoms. The van der Waals surface area contributed by atoms with E-state index in [0.717, 1.165) is 0 Å². The van der Waals surface area contributed by atoms with Crippen molar-refractivity contribution in [2.24, 2.45) is 0 Å². The van der Waals surface area contributed by atoms with Gasteiger partial charge in [0, 0.05) is 11.4 Å². The van der Waals surface area contributed by atoms with Crippen molar-refractivity contribution < 1.29 is 19.0 Å². The molecule has 18 heavy (non-hydrogen) atoms. The Morgan fingerprint density at radius 1 is 1.50 bits per heavy atom. The van der Waals surface area contributed by atoms with E-state index in [2.05, 4.69) is 4.74 Å². The molecular formula is C13H16ClFO3. The molecule has 0 fully saturated rings. The maximum absolute atomic E-state index is 13.8. The first-order chi connectivity index (χ1) is 8.36. The van der Waals surface area contributed by atoms with E-state index in [0.29, 0.717) is 10.6 Å². The number of hydrogen-bond acceptors (Lipinski definition) is 3. The van der Waals surface area contributed by atoms with Gasteiger partial charge in [0.25, 0.3) is 0 Å². The fourth-order valence-corrected chi connectivity index (χ4v) is 1.70. The molecule has 2 atom stereocenters. The van der Waals surface area contributed by atoms with E-state index in [1.807, 2.05) is 0 Å². The van der Waals surface area contributed by atoms with Crippen molar-refractivity contribution in [2.75, 3.05) is 6.61 Å². The van der Waals surface area contributed by atoms with E-state index in [1.165, 1.54) is 6.92 Å². The summed E-state index contributed by atoms with van der Waals surface area (Å²) < 4.78 is 18.3. The first-order valence-electron chi connectivity index (χ1n) is 5.64. The van der Waals surface area contributed by atoms with Gasteiger partial charge in [0.2, 0.25) is 6.17 Å². The van der Waals surface area contributed by atoms with Crippen molar-refractivity contribution in [3.05, 3.63) is 34.9 Å². The van der Waals surface area contributed by atoms with Gasteiger partial charge < -0.3 is 9.84 Å². The third kappa shape index (κ3) is 3.96. The van der Waals surface area contributed by atoms with Crippen molar-refractivity contribution in [2.45, 2.75) is 32.0 Å². The summed E-state index contributed by atoms with van der Waals surface area (Å²) in [6, 6.07) is 6.64. The monoisotopic (exact) mass is 274 g/mol. The molecule has 1 aromatic carbocycles. The van der Waals surface area contributed by atoms with Gasteiger partial charge in [0.1, 0.15) is 5.60 Å². The second-order valence-corrected chi connectivity index (χ2v) is 4.71. The highest BCUT2D eigenvalue weighted by molar-refractivity contribution is 6.30. The topological polar surface area (TPSA) is 46.5 Å². The summed E-state index contributed by atoms with van der Waals surface area (Å²) in [6.07, 6.45) is -2.07. The predicted molar refractivity (Wildman–Crippen MR) is 67.3 cm³/mol. The molecule has 0 aliphatic rings. The summed E-state index contributed by atoms with van der Waals surface area (Å²) in [6.45, 7) is 2.93. The SMILES string of the molecule is CCOC(=O)C(F)C(C)(O)Cc1ccc(Cl)cc1. The van der Waals surface area contributed by atoms with E-state index in [9.17, 15) is 14.3 Å². The smallest absolute Gasteiger partial charge is 0.343 e. The largest absolute Gasteiger partial charge is 0.464 e. The molecule has 0 saturated carbocycles. The summed E-state index contributed by atoms with van der Waals surface area (Å²) in [5, 5.41) is 10.6. The average molecular weight is 275 g/mol. The molecule has 3 nitrogen and oxygen atoms in total. The molecule has 0 aliphatic heterocycles. The maximum Gasteiger partial charge on any atom is 0.343 e. The van der Waals surface area contributed by atoms with Crippen LogP contribution in [0.1, 0.15) is 19.4 Å². The van der Waals surface area contributed by atoms with Crippen LogP contribution in [-0.4, -0.2) is 29.5 Å². The minimum atomic E-state index is -2.08. The zero-order valence-electron chi connectivity index (χ0n) is 10.3. The number of benzene rings is 1. The lowest BCUT2D eigenvalue weighted by Gasteiger charge is -2.25. The molecule has 1 aromatic rings. The fourth-order valence-electron chi connectivity index (χ4n) is 1.57. The molecule has 2 unspecified atom stereocenters. The summed E-state index contributed by atoms with van der Waals surface area (Å²) in [4.78, 5) is 11.3. The van der Waals surface area contributed by atoms with Gasteiger partial charge >= 0.3 is 5.97 Å². The van der Waals surface area contributed by atoms with Crippen LogP contribution in [0.15, 0.2) is 24.3 Å². The number of aliphatic hydroxyl groups is 1. The molecule has 0 radical (unpaired) electrons. The number of halogens is 2. The lowest BCUT2D eigenvalue weighted by molar-refractivity contribution is -0.159. The summed E-state index contributed by atoms with van der Waals surface area (Å²) in [5.41, 5.74) is -1.11. The standard InChI is InChI=1S/C13H16ClFO3/c1-3-18-12(16)11(15)13(2,17)8-9-4-6-10(14)7-5-9/h4-7,11,17H,3,8H2,1-2H3. The highest BCUT2D eigenvalue weighted by atomic mass is 35.5.